The number of ether oxygens (including phenoxy) is 2. The van der Waals surface area contributed by atoms with Gasteiger partial charge >= 0.3 is 11.9 Å². The lowest BCUT2D eigenvalue weighted by molar-refractivity contribution is 0.0514. The van der Waals surface area contributed by atoms with Gasteiger partial charge in [-0.3, -0.25) is 18.4 Å². The van der Waals surface area contributed by atoms with Gasteiger partial charge in [-0.2, -0.15) is 0 Å². The minimum Gasteiger partial charge on any atom is -0.462 e. The molecule has 0 aliphatic heterocycles. The predicted octanol–water partition coefficient (Wildman–Crippen LogP) is 4.62. The van der Waals surface area contributed by atoms with Crippen molar-refractivity contribution in [1.29, 1.82) is 0 Å². The molecular weight excluding hydrogens is 652 g/mol. The topological polar surface area (TPSA) is 95.6 Å². The van der Waals surface area contributed by atoms with Gasteiger partial charge < -0.3 is 9.47 Å². The summed E-state index contributed by atoms with van der Waals surface area (Å²) in [5.74, 6) is -1.26. The lowest BCUT2D eigenvalue weighted by atomic mass is 9.40. The van der Waals surface area contributed by atoms with Gasteiger partial charge in [0.05, 0.1) is 23.8 Å². The quantitative estimate of drug-likeness (QED) is 0.232. The number of hydrogen-bond donors (Lipinski definition) is 0. The smallest absolute Gasteiger partial charge is 0.343 e. The monoisotopic (exact) mass is 673 g/mol. The Labute approximate surface area is 250 Å². The van der Waals surface area contributed by atoms with E-state index in [1.165, 1.54) is 20.9 Å². The number of rotatable bonds is 4. The second-order valence-corrected chi connectivity index (χ2v) is 9.38. The first-order chi connectivity index (χ1) is 18.1. The highest BCUT2D eigenvalue weighted by atomic mass is 79.9. The summed E-state index contributed by atoms with van der Waals surface area (Å²) in [7, 11) is 10.0. The molecule has 4 aromatic rings. The number of carbonyl (C=O) groups is 2. The zero-order chi connectivity index (χ0) is 28.4. The van der Waals surface area contributed by atoms with Crippen LogP contribution in [0.25, 0.3) is 11.0 Å². The Hall–Kier alpha value is -2.76. The van der Waals surface area contributed by atoms with Gasteiger partial charge in [-0.15, -0.1) is 0 Å². The summed E-state index contributed by atoms with van der Waals surface area (Å²) in [4.78, 5) is 47.4. The van der Waals surface area contributed by atoms with E-state index in [1.54, 1.807) is 50.5 Å². The van der Waals surface area contributed by atoms with Crippen molar-refractivity contribution in [3.8, 4) is 0 Å². The Morgan fingerprint density at radius 2 is 1.31 bits per heavy atom. The first-order valence-electron chi connectivity index (χ1n) is 11.0. The second kappa shape index (κ2) is 16.4. The van der Waals surface area contributed by atoms with Crippen LogP contribution in [0.1, 0.15) is 42.0 Å². The first kappa shape index (κ1) is 34.3. The minimum atomic E-state index is -0.668. The van der Waals surface area contributed by atoms with Crippen molar-refractivity contribution in [3.05, 3.63) is 101 Å². The normalized spacial score (nSPS) is 9.77. The highest BCUT2D eigenvalue weighted by Crippen LogP contribution is 2.19. The maximum absolute atomic E-state index is 12.1. The number of esters is 2. The summed E-state index contributed by atoms with van der Waals surface area (Å²) >= 11 is 12.6. The third-order valence-electron chi connectivity index (χ3n) is 4.68. The van der Waals surface area contributed by atoms with E-state index in [4.69, 9.17) is 21.1 Å². The van der Waals surface area contributed by atoms with E-state index >= 15 is 0 Å². The van der Waals surface area contributed by atoms with Crippen LogP contribution in [0.5, 0.6) is 0 Å². The van der Waals surface area contributed by atoms with Crippen molar-refractivity contribution in [2.45, 2.75) is 21.3 Å². The molecule has 8 nitrogen and oxygen atoms in total. The van der Waals surface area contributed by atoms with E-state index in [1.807, 2.05) is 6.07 Å². The van der Waals surface area contributed by atoms with Crippen LogP contribution in [-0.4, -0.2) is 56.5 Å². The number of nitrogens with zero attached hydrogens (tertiary/aromatic N) is 2. The van der Waals surface area contributed by atoms with E-state index in [-0.39, 0.29) is 37.3 Å². The molecule has 0 saturated heterocycles. The highest BCUT2D eigenvalue weighted by molar-refractivity contribution is 9.10. The summed E-state index contributed by atoms with van der Waals surface area (Å²) in [6, 6.07) is 11.6. The summed E-state index contributed by atoms with van der Waals surface area (Å²) in [5.41, 5.74) is 0.417. The van der Waals surface area contributed by atoms with Gasteiger partial charge in [0.15, 0.2) is 0 Å². The van der Waals surface area contributed by atoms with Crippen LogP contribution >= 0.6 is 43.5 Å². The van der Waals surface area contributed by atoms with Gasteiger partial charge in [-0.1, -0.05) is 19.0 Å². The van der Waals surface area contributed by atoms with Gasteiger partial charge in [0, 0.05) is 49.4 Å². The molecule has 4 rings (SSSR count). The molecular formula is C25H23B3Br2ClN2O6. The Balaban J connectivity index is 0.000000347. The molecule has 0 unspecified atom stereocenters. The standard InChI is InChI=1S/C12H9BrClNO3.C12H10BrNO3.CH4.B3/c1-2-18-12(17)8-5-9(14)10-4-3-7(13)6-15(10)11(8)16;1-2-17-12(16)10-6-5-9-4-3-8(13)7-14(9)11(10)15;;1-3-2/h3-6H,2H2,1H3;3-7H,2H2,1H3;1H4;. The molecule has 4 aromatic heterocycles. The number of aromatic nitrogens is 2. The Kier molecular flexibility index (Phi) is 14.4. The third-order valence-corrected chi connectivity index (χ3v) is 5.92. The molecule has 0 aliphatic carbocycles. The number of fused-ring (bicyclic) bond motifs is 2. The first-order valence-corrected chi connectivity index (χ1v) is 13.0. The van der Waals surface area contributed by atoms with E-state index in [9.17, 15) is 19.2 Å². The van der Waals surface area contributed by atoms with Crippen molar-refractivity contribution in [3.63, 3.8) is 0 Å². The van der Waals surface area contributed by atoms with Crippen molar-refractivity contribution in [1.82, 2.24) is 8.80 Å². The predicted molar refractivity (Wildman–Crippen MR) is 164 cm³/mol. The summed E-state index contributed by atoms with van der Waals surface area (Å²) in [5, 5.41) is 0.324. The van der Waals surface area contributed by atoms with Crippen LogP contribution in [0.15, 0.2) is 73.4 Å². The Bertz CT molecular complexity index is 1580. The second-order valence-electron chi connectivity index (χ2n) is 7.14. The molecule has 0 amide bonds. The van der Waals surface area contributed by atoms with Crippen molar-refractivity contribution in [2.75, 3.05) is 13.2 Å². The van der Waals surface area contributed by atoms with Crippen LogP contribution < -0.4 is 11.1 Å². The van der Waals surface area contributed by atoms with Crippen LogP contribution in [0.4, 0.5) is 0 Å². The maximum Gasteiger partial charge on any atom is 0.343 e. The molecule has 4 heterocycles. The molecule has 0 aromatic carbocycles. The summed E-state index contributed by atoms with van der Waals surface area (Å²) < 4.78 is 13.9. The highest BCUT2D eigenvalue weighted by Gasteiger charge is 2.16. The Morgan fingerprint density at radius 1 is 0.846 bits per heavy atom. The van der Waals surface area contributed by atoms with Crippen LogP contribution in [-0.2, 0) is 9.47 Å². The zero-order valence-electron chi connectivity index (χ0n) is 20.3. The Morgan fingerprint density at radius 3 is 1.87 bits per heavy atom. The van der Waals surface area contributed by atoms with Crippen LogP contribution in [0.3, 0.4) is 0 Å². The van der Waals surface area contributed by atoms with Gasteiger partial charge in [-0.25, -0.2) is 9.59 Å². The fourth-order valence-corrected chi connectivity index (χ4v) is 4.05. The molecule has 0 fully saturated rings. The zero-order valence-corrected chi connectivity index (χ0v) is 24.2. The number of carbonyl (C=O) groups excluding carboxylic acids is 2. The number of halogens is 3. The average molecular weight is 675 g/mol. The van der Waals surface area contributed by atoms with Crippen LogP contribution in [0.2, 0.25) is 5.02 Å². The van der Waals surface area contributed by atoms with Crippen LogP contribution in [0, 0.1) is 0 Å². The van der Waals surface area contributed by atoms with Gasteiger partial charge in [0.2, 0.25) is 0 Å². The van der Waals surface area contributed by atoms with Gasteiger partial charge in [-0.05, 0) is 88.2 Å². The number of pyridine rings is 4. The molecule has 14 heteroatoms. The largest absolute Gasteiger partial charge is 0.462 e. The molecule has 0 aliphatic rings. The van der Waals surface area contributed by atoms with E-state index in [2.05, 4.69) is 47.3 Å². The molecule has 39 heavy (non-hydrogen) atoms. The van der Waals surface area contributed by atoms with E-state index in [0.29, 0.717) is 15.0 Å². The molecule has 0 atom stereocenters. The molecule has 0 spiro atoms. The SMILES string of the molecule is C.CCOC(=O)c1cc(Cl)c2ccc(Br)cn2c1=O.CCOC(=O)c1ccc2ccc(Br)cn2c1=O.[B][B][B]. The average Bonchev–Trinajstić information content (AvgIpc) is 2.88. The minimum absolute atomic E-state index is 0. The summed E-state index contributed by atoms with van der Waals surface area (Å²) in [6.07, 6.45) is 3.19. The molecule has 5 radical (unpaired) electrons. The fraction of sp³-hybridized carbons (Fsp3) is 0.200. The molecule has 0 bridgehead atoms. The van der Waals surface area contributed by atoms with Crippen molar-refractivity contribution >= 4 is 89.0 Å². The molecule has 0 N–H and O–H groups in total. The fourth-order valence-electron chi connectivity index (χ4n) is 3.12. The lowest BCUT2D eigenvalue weighted by Crippen LogP contribution is -2.23. The maximum atomic E-state index is 12.1. The number of hydrogen-bond acceptors (Lipinski definition) is 6. The van der Waals surface area contributed by atoms with E-state index in [0.717, 1.165) is 17.1 Å². The van der Waals surface area contributed by atoms with Gasteiger partial charge in [0.25, 0.3) is 11.1 Å². The van der Waals surface area contributed by atoms with Crippen molar-refractivity contribution < 1.29 is 19.1 Å². The third kappa shape index (κ3) is 8.88. The molecule has 199 valence electrons. The van der Waals surface area contributed by atoms with Crippen molar-refractivity contribution in [2.24, 2.45) is 0 Å². The summed E-state index contributed by atoms with van der Waals surface area (Å²) in [6.45, 7) is 3.83. The van der Waals surface area contributed by atoms with Gasteiger partial charge in [0.1, 0.15) is 11.1 Å². The van der Waals surface area contributed by atoms with E-state index < -0.39 is 17.5 Å². The molecule has 0 saturated carbocycles. The lowest BCUT2D eigenvalue weighted by Gasteiger charge is -2.07.